The summed E-state index contributed by atoms with van der Waals surface area (Å²) in [5.74, 6) is -0.178. The highest BCUT2D eigenvalue weighted by molar-refractivity contribution is 5.94. The van der Waals surface area contributed by atoms with E-state index < -0.39 is 19.1 Å². The molecule has 0 spiro atoms. The van der Waals surface area contributed by atoms with Crippen molar-refractivity contribution in [3.63, 3.8) is 0 Å². The number of benzene rings is 1. The Balaban J connectivity index is 2.23. The Bertz CT molecular complexity index is 410. The minimum absolute atomic E-state index is 0.145. The number of aryl methyl sites for hydroxylation is 1. The van der Waals surface area contributed by atoms with Gasteiger partial charge in [0.2, 0.25) is 5.91 Å². The molecule has 2 N–H and O–H groups in total. The Labute approximate surface area is 117 Å². The van der Waals surface area contributed by atoms with E-state index in [1.54, 1.807) is 6.92 Å². The average Bonchev–Trinajstić information content (AvgIpc) is 2.40. The number of halogens is 2. The molecule has 0 aliphatic rings. The highest BCUT2D eigenvalue weighted by atomic mass is 19.3. The van der Waals surface area contributed by atoms with Crippen LogP contribution in [0.5, 0.6) is 0 Å². The lowest BCUT2D eigenvalue weighted by Crippen LogP contribution is -2.39. The van der Waals surface area contributed by atoms with Crippen LogP contribution in [-0.4, -0.2) is 38.1 Å². The van der Waals surface area contributed by atoms with Crippen molar-refractivity contribution < 1.29 is 18.3 Å². The summed E-state index contributed by atoms with van der Waals surface area (Å²) < 4.78 is 28.3. The monoisotopic (exact) mass is 286 g/mol. The molecule has 1 aromatic rings. The molecule has 1 amide bonds. The van der Waals surface area contributed by atoms with Gasteiger partial charge in [-0.2, -0.15) is 0 Å². The fourth-order valence-corrected chi connectivity index (χ4v) is 1.50. The third-order valence-electron chi connectivity index (χ3n) is 2.65. The first-order chi connectivity index (χ1) is 9.49. The van der Waals surface area contributed by atoms with Gasteiger partial charge in [-0.1, -0.05) is 17.7 Å². The molecule has 1 atom stereocenters. The van der Waals surface area contributed by atoms with Gasteiger partial charge in [0.1, 0.15) is 6.61 Å². The highest BCUT2D eigenvalue weighted by Gasteiger charge is 2.12. The summed E-state index contributed by atoms with van der Waals surface area (Å²) in [4.78, 5) is 11.8. The molecule has 0 aromatic heterocycles. The van der Waals surface area contributed by atoms with E-state index in [0.717, 1.165) is 11.3 Å². The lowest BCUT2D eigenvalue weighted by Gasteiger charge is -2.14. The van der Waals surface area contributed by atoms with Crippen LogP contribution in [0.3, 0.4) is 0 Å². The predicted octanol–water partition coefficient (Wildman–Crippen LogP) is 2.19. The average molecular weight is 286 g/mol. The van der Waals surface area contributed by atoms with Crippen molar-refractivity contribution in [1.82, 2.24) is 5.32 Å². The van der Waals surface area contributed by atoms with Crippen molar-refractivity contribution in [3.05, 3.63) is 29.8 Å². The third-order valence-corrected chi connectivity index (χ3v) is 2.65. The van der Waals surface area contributed by atoms with E-state index in [1.165, 1.54) is 0 Å². The minimum atomic E-state index is -2.46. The third kappa shape index (κ3) is 6.58. The number of carbonyl (C=O) groups is 1. The van der Waals surface area contributed by atoms with Crippen LogP contribution in [0.2, 0.25) is 0 Å². The molecule has 0 radical (unpaired) electrons. The summed E-state index contributed by atoms with van der Waals surface area (Å²) in [6.45, 7) is 3.58. The Morgan fingerprint density at radius 1 is 1.30 bits per heavy atom. The summed E-state index contributed by atoms with van der Waals surface area (Å²) in [5.41, 5.74) is 1.84. The molecule has 1 rings (SSSR count). The summed E-state index contributed by atoms with van der Waals surface area (Å²) >= 11 is 0. The molecule has 20 heavy (non-hydrogen) atoms. The maximum Gasteiger partial charge on any atom is 0.261 e. The number of carbonyl (C=O) groups excluding carboxylic acids is 1. The molecule has 0 aliphatic carbocycles. The number of ether oxygens (including phenoxy) is 1. The van der Waals surface area contributed by atoms with E-state index in [2.05, 4.69) is 10.6 Å². The number of hydrogen-bond acceptors (Lipinski definition) is 3. The van der Waals surface area contributed by atoms with Gasteiger partial charge in [-0.15, -0.1) is 0 Å². The molecule has 1 unspecified atom stereocenters. The van der Waals surface area contributed by atoms with E-state index >= 15 is 0 Å². The molecule has 1 aromatic carbocycles. The van der Waals surface area contributed by atoms with E-state index in [0.29, 0.717) is 6.54 Å². The highest BCUT2D eigenvalue weighted by Crippen LogP contribution is 2.08. The van der Waals surface area contributed by atoms with Gasteiger partial charge in [-0.05, 0) is 26.0 Å². The van der Waals surface area contributed by atoms with Crippen LogP contribution in [0.4, 0.5) is 14.5 Å². The maximum absolute atomic E-state index is 11.8. The number of anilines is 1. The minimum Gasteiger partial charge on any atom is -0.374 e. The zero-order valence-electron chi connectivity index (χ0n) is 11.7. The molecule has 0 saturated heterocycles. The summed E-state index contributed by atoms with van der Waals surface area (Å²) in [6.07, 6.45) is -2.46. The second-order valence-corrected chi connectivity index (χ2v) is 4.50. The molecule has 0 fully saturated rings. The quantitative estimate of drug-likeness (QED) is 0.720. The number of amides is 1. The van der Waals surface area contributed by atoms with Gasteiger partial charge >= 0.3 is 0 Å². The molecule has 6 heteroatoms. The first kappa shape index (κ1) is 16.5. The Morgan fingerprint density at radius 3 is 2.55 bits per heavy atom. The zero-order valence-corrected chi connectivity index (χ0v) is 11.7. The molecular formula is C14H20F2N2O2. The summed E-state index contributed by atoms with van der Waals surface area (Å²) in [6, 6.07) is 7.04. The molecular weight excluding hydrogens is 266 g/mol. The standard InChI is InChI=1S/C14H20F2N2O2/c1-10-3-5-12(6-4-10)18-14(19)11(2)17-7-8-20-9-13(15)16/h3-6,11,13,17H,7-9H2,1-2H3,(H,18,19). The van der Waals surface area contributed by atoms with Crippen molar-refractivity contribution in [3.8, 4) is 0 Å². The fourth-order valence-electron chi connectivity index (χ4n) is 1.50. The zero-order chi connectivity index (χ0) is 15.0. The number of alkyl halides is 2. The van der Waals surface area contributed by atoms with Crippen LogP contribution < -0.4 is 10.6 Å². The largest absolute Gasteiger partial charge is 0.374 e. The van der Waals surface area contributed by atoms with Gasteiger partial charge in [0.25, 0.3) is 6.43 Å². The first-order valence-electron chi connectivity index (χ1n) is 6.46. The van der Waals surface area contributed by atoms with Crippen LogP contribution in [0.25, 0.3) is 0 Å². The summed E-state index contributed by atoms with van der Waals surface area (Å²) in [7, 11) is 0. The smallest absolute Gasteiger partial charge is 0.261 e. The van der Waals surface area contributed by atoms with Gasteiger partial charge in [-0.25, -0.2) is 8.78 Å². The van der Waals surface area contributed by atoms with Crippen molar-refractivity contribution in [2.24, 2.45) is 0 Å². The maximum atomic E-state index is 11.8. The molecule has 0 bridgehead atoms. The molecule has 0 heterocycles. The van der Waals surface area contributed by atoms with Gasteiger partial charge in [0.15, 0.2) is 0 Å². The normalized spacial score (nSPS) is 12.4. The van der Waals surface area contributed by atoms with Crippen molar-refractivity contribution in [2.45, 2.75) is 26.3 Å². The topological polar surface area (TPSA) is 50.4 Å². The van der Waals surface area contributed by atoms with Crippen molar-refractivity contribution >= 4 is 11.6 Å². The van der Waals surface area contributed by atoms with E-state index in [-0.39, 0.29) is 12.5 Å². The number of rotatable bonds is 8. The van der Waals surface area contributed by atoms with E-state index in [1.807, 2.05) is 31.2 Å². The van der Waals surface area contributed by atoms with Gasteiger partial charge in [0, 0.05) is 12.2 Å². The SMILES string of the molecule is Cc1ccc(NC(=O)C(C)NCCOCC(F)F)cc1. The van der Waals surface area contributed by atoms with Crippen LogP contribution in [0.1, 0.15) is 12.5 Å². The fraction of sp³-hybridized carbons (Fsp3) is 0.500. The van der Waals surface area contributed by atoms with Crippen molar-refractivity contribution in [1.29, 1.82) is 0 Å². The molecule has 4 nitrogen and oxygen atoms in total. The summed E-state index contributed by atoms with van der Waals surface area (Å²) in [5, 5.41) is 5.67. The second-order valence-electron chi connectivity index (χ2n) is 4.50. The first-order valence-corrected chi connectivity index (χ1v) is 6.46. The van der Waals surface area contributed by atoms with Gasteiger partial charge < -0.3 is 15.4 Å². The van der Waals surface area contributed by atoms with Crippen LogP contribution in [0.15, 0.2) is 24.3 Å². The second kappa shape index (κ2) is 8.60. The van der Waals surface area contributed by atoms with E-state index in [9.17, 15) is 13.6 Å². The Kier molecular flexibility index (Phi) is 7.11. The number of nitrogens with one attached hydrogen (secondary N) is 2. The van der Waals surface area contributed by atoms with Gasteiger partial charge in [0.05, 0.1) is 12.6 Å². The van der Waals surface area contributed by atoms with Crippen LogP contribution in [-0.2, 0) is 9.53 Å². The molecule has 112 valence electrons. The molecule has 0 aliphatic heterocycles. The Morgan fingerprint density at radius 2 is 1.95 bits per heavy atom. The van der Waals surface area contributed by atoms with Crippen molar-refractivity contribution in [2.75, 3.05) is 25.1 Å². The van der Waals surface area contributed by atoms with Crippen LogP contribution in [0, 0.1) is 6.92 Å². The number of hydrogen-bond donors (Lipinski definition) is 2. The van der Waals surface area contributed by atoms with E-state index in [4.69, 9.17) is 4.74 Å². The lowest BCUT2D eigenvalue weighted by molar-refractivity contribution is -0.117. The van der Waals surface area contributed by atoms with Gasteiger partial charge in [-0.3, -0.25) is 4.79 Å². The predicted molar refractivity (Wildman–Crippen MR) is 74.1 cm³/mol. The van der Waals surface area contributed by atoms with Crippen LogP contribution >= 0.6 is 0 Å². The lowest BCUT2D eigenvalue weighted by atomic mass is 10.2. The Hall–Kier alpha value is -1.53. The molecule has 0 saturated carbocycles.